The highest BCUT2D eigenvalue weighted by atomic mass is 16.6. The van der Waals surface area contributed by atoms with Crippen molar-refractivity contribution in [3.8, 4) is 0 Å². The molecule has 0 aromatic heterocycles. The van der Waals surface area contributed by atoms with Crippen LogP contribution >= 0.6 is 0 Å². The minimum absolute atomic E-state index is 0.146. The molecule has 0 radical (unpaired) electrons. The van der Waals surface area contributed by atoms with Crippen LogP contribution in [0.5, 0.6) is 0 Å². The quantitative estimate of drug-likeness (QED) is 0.315. The monoisotopic (exact) mass is 352 g/mol. The Kier molecular flexibility index (Phi) is 4.40. The summed E-state index contributed by atoms with van der Waals surface area (Å²) in [5.74, 6) is -4.23. The Hall–Kier alpha value is -3.90. The molecule has 1 heterocycles. The van der Waals surface area contributed by atoms with E-state index >= 15 is 0 Å². The summed E-state index contributed by atoms with van der Waals surface area (Å²) in [5, 5.41) is 30.3. The van der Waals surface area contributed by atoms with Crippen LogP contribution in [0.25, 0.3) is 0 Å². The van der Waals surface area contributed by atoms with Gasteiger partial charge in [0.05, 0.1) is 22.5 Å². The number of carbonyl (C=O) groups is 4. The van der Waals surface area contributed by atoms with Gasteiger partial charge in [-0.25, -0.2) is 9.69 Å². The van der Waals surface area contributed by atoms with E-state index in [9.17, 15) is 39.4 Å². The average molecular weight is 352 g/mol. The highest BCUT2D eigenvalue weighted by Crippen LogP contribution is 2.25. The number of carboxylic acid groups (broad SMARTS) is 1. The van der Waals surface area contributed by atoms with Crippen LogP contribution in [0.3, 0.4) is 0 Å². The molecule has 13 nitrogen and oxygen atoms in total. The Balaban J connectivity index is 2.35. The largest absolute Gasteiger partial charge is 0.480 e. The lowest BCUT2D eigenvalue weighted by molar-refractivity contribution is -0.394. The van der Waals surface area contributed by atoms with Crippen LogP contribution < -0.4 is 0 Å². The molecule has 0 bridgehead atoms. The molecule has 4 amide bonds. The van der Waals surface area contributed by atoms with E-state index < -0.39 is 58.1 Å². The zero-order valence-electron chi connectivity index (χ0n) is 12.1. The van der Waals surface area contributed by atoms with E-state index in [2.05, 4.69) is 0 Å². The van der Waals surface area contributed by atoms with Crippen molar-refractivity contribution in [2.24, 2.45) is 0 Å². The number of benzene rings is 1. The molecule has 0 unspecified atom stereocenters. The van der Waals surface area contributed by atoms with E-state index in [4.69, 9.17) is 5.11 Å². The average Bonchev–Trinajstić information content (AvgIpc) is 2.72. The SMILES string of the molecule is O=C(O)CN1C(=O)C(=O)N(Cc2cc([N+](=O)[O-])cc([N+](=O)[O-])c2)C1=O. The molecule has 130 valence electrons. The fourth-order valence-electron chi connectivity index (χ4n) is 2.11. The highest BCUT2D eigenvalue weighted by molar-refractivity contribution is 6.44. The summed E-state index contributed by atoms with van der Waals surface area (Å²) in [7, 11) is 0. The van der Waals surface area contributed by atoms with E-state index in [1.807, 2.05) is 0 Å². The number of imide groups is 2. The topological polar surface area (TPSA) is 181 Å². The van der Waals surface area contributed by atoms with Gasteiger partial charge >= 0.3 is 23.8 Å². The lowest BCUT2D eigenvalue weighted by Crippen LogP contribution is -2.36. The Morgan fingerprint density at radius 3 is 1.88 bits per heavy atom. The van der Waals surface area contributed by atoms with Crippen LogP contribution in [0, 0.1) is 20.2 Å². The van der Waals surface area contributed by atoms with Gasteiger partial charge in [0, 0.05) is 12.1 Å². The lowest BCUT2D eigenvalue weighted by atomic mass is 10.1. The first-order valence-corrected chi connectivity index (χ1v) is 6.43. The predicted octanol–water partition coefficient (Wildman–Crippen LogP) is -0.122. The molecule has 25 heavy (non-hydrogen) atoms. The van der Waals surface area contributed by atoms with Crippen molar-refractivity contribution in [2.75, 3.05) is 6.54 Å². The molecule has 1 aliphatic heterocycles. The molecule has 0 saturated carbocycles. The molecule has 13 heteroatoms. The van der Waals surface area contributed by atoms with Gasteiger partial charge in [-0.15, -0.1) is 0 Å². The van der Waals surface area contributed by atoms with Gasteiger partial charge in [-0.1, -0.05) is 0 Å². The normalized spacial score (nSPS) is 14.2. The molecule has 1 aromatic carbocycles. The Labute approximate surface area is 137 Å². The van der Waals surface area contributed by atoms with Crippen LogP contribution in [-0.4, -0.2) is 55.1 Å². The second kappa shape index (κ2) is 6.31. The van der Waals surface area contributed by atoms with Crippen molar-refractivity contribution in [3.05, 3.63) is 44.0 Å². The van der Waals surface area contributed by atoms with E-state index in [0.717, 1.165) is 12.1 Å². The number of nitro groups is 2. The van der Waals surface area contributed by atoms with Gasteiger partial charge in [-0.2, -0.15) is 0 Å². The number of nitro benzene ring substituents is 2. The predicted molar refractivity (Wildman–Crippen MR) is 75.0 cm³/mol. The maximum atomic E-state index is 12.0. The fourth-order valence-corrected chi connectivity index (χ4v) is 2.11. The number of nitrogens with zero attached hydrogens (tertiary/aromatic N) is 4. The van der Waals surface area contributed by atoms with Crippen LogP contribution in [-0.2, 0) is 20.9 Å². The van der Waals surface area contributed by atoms with Gasteiger partial charge in [0.2, 0.25) is 0 Å². The third-order valence-corrected chi connectivity index (χ3v) is 3.15. The van der Waals surface area contributed by atoms with Crippen molar-refractivity contribution in [1.29, 1.82) is 0 Å². The molecule has 1 fully saturated rings. The van der Waals surface area contributed by atoms with Crippen LogP contribution in [0.4, 0.5) is 16.2 Å². The molecule has 2 rings (SSSR count). The van der Waals surface area contributed by atoms with Crippen molar-refractivity contribution in [3.63, 3.8) is 0 Å². The van der Waals surface area contributed by atoms with Crippen molar-refractivity contribution in [1.82, 2.24) is 9.80 Å². The van der Waals surface area contributed by atoms with E-state index in [0.29, 0.717) is 11.0 Å². The minimum Gasteiger partial charge on any atom is -0.480 e. The van der Waals surface area contributed by atoms with Gasteiger partial charge in [0.25, 0.3) is 11.4 Å². The van der Waals surface area contributed by atoms with Crippen LogP contribution in [0.1, 0.15) is 5.56 Å². The number of non-ortho nitro benzene ring substituents is 2. The summed E-state index contributed by atoms with van der Waals surface area (Å²) in [6.07, 6.45) is 0. The number of carboxylic acids is 1. The maximum absolute atomic E-state index is 12.0. The summed E-state index contributed by atoms with van der Waals surface area (Å²) >= 11 is 0. The molecule has 1 aliphatic rings. The van der Waals surface area contributed by atoms with Crippen molar-refractivity contribution in [2.45, 2.75) is 6.54 Å². The van der Waals surface area contributed by atoms with E-state index in [1.54, 1.807) is 0 Å². The zero-order chi connectivity index (χ0) is 18.9. The van der Waals surface area contributed by atoms with E-state index in [1.165, 1.54) is 0 Å². The second-order valence-corrected chi connectivity index (χ2v) is 4.83. The number of amides is 4. The number of hydrogen-bond acceptors (Lipinski definition) is 8. The smallest absolute Gasteiger partial charge is 0.335 e. The Morgan fingerprint density at radius 2 is 1.44 bits per heavy atom. The zero-order valence-corrected chi connectivity index (χ0v) is 12.1. The van der Waals surface area contributed by atoms with Crippen LogP contribution in [0.15, 0.2) is 18.2 Å². The fraction of sp³-hybridized carbons (Fsp3) is 0.167. The first-order chi connectivity index (χ1) is 11.6. The Bertz CT molecular complexity index is 802. The van der Waals surface area contributed by atoms with Gasteiger partial charge in [0.15, 0.2) is 0 Å². The number of rotatable bonds is 6. The molecule has 1 N–H and O–H groups in total. The first-order valence-electron chi connectivity index (χ1n) is 6.43. The number of aliphatic carboxylic acids is 1. The molecular weight excluding hydrogens is 344 g/mol. The lowest BCUT2D eigenvalue weighted by Gasteiger charge is -2.14. The maximum Gasteiger partial charge on any atom is 0.335 e. The van der Waals surface area contributed by atoms with Crippen molar-refractivity contribution >= 4 is 35.2 Å². The number of carbonyl (C=O) groups excluding carboxylic acids is 3. The van der Waals surface area contributed by atoms with E-state index in [-0.39, 0.29) is 10.5 Å². The first kappa shape index (κ1) is 17.5. The van der Waals surface area contributed by atoms with Gasteiger partial charge in [-0.05, 0) is 5.56 Å². The standard InChI is InChI=1S/C12H8N4O9/c17-9(18)5-14-11(20)10(19)13(12(14)21)4-6-1-7(15(22)23)3-8(2-6)16(24)25/h1-3H,4-5H2,(H,17,18). The van der Waals surface area contributed by atoms with Crippen molar-refractivity contribution < 1.29 is 34.1 Å². The third-order valence-electron chi connectivity index (χ3n) is 3.15. The Morgan fingerprint density at radius 1 is 0.960 bits per heavy atom. The van der Waals surface area contributed by atoms with Gasteiger partial charge in [0.1, 0.15) is 6.54 Å². The van der Waals surface area contributed by atoms with Crippen LogP contribution in [0.2, 0.25) is 0 Å². The highest BCUT2D eigenvalue weighted by Gasteiger charge is 2.45. The summed E-state index contributed by atoms with van der Waals surface area (Å²) in [6, 6.07) is 1.26. The molecule has 1 saturated heterocycles. The summed E-state index contributed by atoms with van der Waals surface area (Å²) < 4.78 is 0. The summed E-state index contributed by atoms with van der Waals surface area (Å²) in [4.78, 5) is 66.5. The number of hydrogen-bond donors (Lipinski definition) is 1. The molecule has 0 spiro atoms. The van der Waals surface area contributed by atoms with Gasteiger partial charge < -0.3 is 5.11 Å². The molecule has 1 aromatic rings. The molecule has 0 atom stereocenters. The molecule has 0 aliphatic carbocycles. The molecular formula is C12H8N4O9. The third kappa shape index (κ3) is 3.39. The minimum atomic E-state index is -1.53. The number of urea groups is 1. The summed E-state index contributed by atoms with van der Waals surface area (Å²) in [5.41, 5.74) is -1.43. The summed E-state index contributed by atoms with van der Waals surface area (Å²) in [6.45, 7) is -1.70. The second-order valence-electron chi connectivity index (χ2n) is 4.83. The van der Waals surface area contributed by atoms with Gasteiger partial charge in [-0.3, -0.25) is 39.5 Å².